The van der Waals surface area contributed by atoms with Crippen LogP contribution in [0.1, 0.15) is 31.0 Å². The molecule has 0 unspecified atom stereocenters. The van der Waals surface area contributed by atoms with Crippen molar-refractivity contribution in [3.8, 4) is 0 Å². The van der Waals surface area contributed by atoms with E-state index in [4.69, 9.17) is 11.6 Å². The Balaban J connectivity index is 2.16. The van der Waals surface area contributed by atoms with Gasteiger partial charge in [0.25, 0.3) is 0 Å². The third kappa shape index (κ3) is 3.02. The molecule has 0 bridgehead atoms. The van der Waals surface area contributed by atoms with E-state index < -0.39 is 0 Å². The van der Waals surface area contributed by atoms with Gasteiger partial charge in [0.05, 0.1) is 5.69 Å². The summed E-state index contributed by atoms with van der Waals surface area (Å²) in [5.41, 5.74) is 3.05. The summed E-state index contributed by atoms with van der Waals surface area (Å²) in [6.07, 6.45) is 6.01. The van der Waals surface area contributed by atoms with Crippen molar-refractivity contribution >= 4 is 23.5 Å². The Morgan fingerprint density at radius 2 is 2.06 bits per heavy atom. The summed E-state index contributed by atoms with van der Waals surface area (Å²) in [5, 5.41) is 0.754. The largest absolute Gasteiger partial charge is 0.351 e. The first-order chi connectivity index (χ1) is 8.56. The molecule has 0 radical (unpaired) electrons. The van der Waals surface area contributed by atoms with Crippen molar-refractivity contribution in [2.75, 3.05) is 0 Å². The highest BCUT2D eigenvalue weighted by Gasteiger charge is 1.98. The highest BCUT2D eigenvalue weighted by molar-refractivity contribution is 6.31. The van der Waals surface area contributed by atoms with Crippen molar-refractivity contribution in [1.29, 1.82) is 0 Å². The van der Waals surface area contributed by atoms with E-state index in [1.807, 2.05) is 31.3 Å². The first-order valence-corrected chi connectivity index (χ1v) is 6.42. The molecule has 3 heteroatoms. The van der Waals surface area contributed by atoms with Crippen LogP contribution in [0.5, 0.6) is 0 Å². The zero-order chi connectivity index (χ0) is 13.1. The molecule has 2 aromatic rings. The fourth-order valence-corrected chi connectivity index (χ4v) is 1.81. The summed E-state index contributed by atoms with van der Waals surface area (Å²) in [6.45, 7) is 6.29. The average Bonchev–Trinajstić information content (AvgIpc) is 2.79. The number of rotatable bonds is 3. The molecule has 0 saturated carbocycles. The van der Waals surface area contributed by atoms with Crippen LogP contribution in [0.25, 0.3) is 0 Å². The molecule has 0 fully saturated rings. The van der Waals surface area contributed by atoms with E-state index in [2.05, 4.69) is 41.9 Å². The van der Waals surface area contributed by atoms with Crippen LogP contribution in [0.15, 0.2) is 41.7 Å². The van der Waals surface area contributed by atoms with Crippen molar-refractivity contribution in [3.63, 3.8) is 0 Å². The Labute approximate surface area is 113 Å². The topological polar surface area (TPSA) is 17.3 Å². The number of benzene rings is 1. The summed E-state index contributed by atoms with van der Waals surface area (Å²) in [7, 11) is 0. The number of hydrogen-bond donors (Lipinski definition) is 0. The lowest BCUT2D eigenvalue weighted by Crippen LogP contribution is -1.95. The van der Waals surface area contributed by atoms with Crippen LogP contribution in [0.4, 0.5) is 5.69 Å². The Hall–Kier alpha value is -1.54. The molecule has 1 heterocycles. The van der Waals surface area contributed by atoms with Crippen LogP contribution in [0.2, 0.25) is 5.02 Å². The molecule has 0 aliphatic carbocycles. The minimum atomic E-state index is 0.473. The summed E-state index contributed by atoms with van der Waals surface area (Å²) >= 11 is 6.06. The smallest absolute Gasteiger partial charge is 0.0644 e. The second kappa shape index (κ2) is 5.40. The predicted molar refractivity (Wildman–Crippen MR) is 78.3 cm³/mol. The van der Waals surface area contributed by atoms with E-state index in [9.17, 15) is 0 Å². The number of aryl methyl sites for hydroxylation is 1. The van der Waals surface area contributed by atoms with E-state index in [0.717, 1.165) is 21.8 Å². The third-order valence-electron chi connectivity index (χ3n) is 2.85. The highest BCUT2D eigenvalue weighted by atomic mass is 35.5. The molecule has 0 amide bonds. The van der Waals surface area contributed by atoms with E-state index >= 15 is 0 Å². The Morgan fingerprint density at radius 3 is 2.67 bits per heavy atom. The highest BCUT2D eigenvalue weighted by Crippen LogP contribution is 2.22. The second-order valence-electron chi connectivity index (χ2n) is 4.68. The van der Waals surface area contributed by atoms with Gasteiger partial charge in [0.15, 0.2) is 0 Å². The minimum absolute atomic E-state index is 0.473. The van der Waals surface area contributed by atoms with Gasteiger partial charge in [-0.3, -0.25) is 4.99 Å². The van der Waals surface area contributed by atoms with E-state index in [1.165, 1.54) is 0 Å². The normalized spacial score (nSPS) is 11.6. The van der Waals surface area contributed by atoms with Crippen LogP contribution >= 0.6 is 11.6 Å². The molecule has 2 rings (SSSR count). The van der Waals surface area contributed by atoms with E-state index in [1.54, 1.807) is 0 Å². The van der Waals surface area contributed by atoms with Gasteiger partial charge < -0.3 is 4.57 Å². The van der Waals surface area contributed by atoms with Crippen molar-refractivity contribution in [2.45, 2.75) is 26.8 Å². The monoisotopic (exact) mass is 260 g/mol. The molecule has 94 valence electrons. The molecule has 0 aliphatic heterocycles. The SMILES string of the molecule is Cc1ccc(N=Cc2ccn(C(C)C)c2)cc1Cl. The maximum atomic E-state index is 6.06. The Morgan fingerprint density at radius 1 is 1.28 bits per heavy atom. The lowest BCUT2D eigenvalue weighted by molar-refractivity contribution is 0.603. The second-order valence-corrected chi connectivity index (χ2v) is 5.08. The van der Waals surface area contributed by atoms with Gasteiger partial charge in [-0.2, -0.15) is 0 Å². The fourth-order valence-electron chi connectivity index (χ4n) is 1.64. The van der Waals surface area contributed by atoms with Gasteiger partial charge in [0, 0.05) is 35.2 Å². The van der Waals surface area contributed by atoms with Gasteiger partial charge in [-0.1, -0.05) is 17.7 Å². The van der Waals surface area contributed by atoms with Crippen molar-refractivity contribution < 1.29 is 0 Å². The molecule has 0 saturated heterocycles. The summed E-state index contributed by atoms with van der Waals surface area (Å²) < 4.78 is 2.16. The van der Waals surface area contributed by atoms with Crippen molar-refractivity contribution in [3.05, 3.63) is 52.8 Å². The number of aromatic nitrogens is 1. The van der Waals surface area contributed by atoms with Crippen molar-refractivity contribution in [1.82, 2.24) is 4.57 Å². The Bertz CT molecular complexity index is 568. The molecular weight excluding hydrogens is 244 g/mol. The molecular formula is C15H17ClN2. The Kier molecular flexibility index (Phi) is 3.87. The maximum Gasteiger partial charge on any atom is 0.0644 e. The number of halogens is 1. The quantitative estimate of drug-likeness (QED) is 0.707. The first kappa shape index (κ1) is 12.9. The standard InChI is InChI=1S/C15H17ClN2/c1-11(2)18-7-6-13(10-18)9-17-14-5-4-12(3)15(16)8-14/h4-11H,1-3H3. The van der Waals surface area contributed by atoms with Crippen LogP contribution in [0, 0.1) is 6.92 Å². The van der Waals surface area contributed by atoms with Gasteiger partial charge in [0.1, 0.15) is 0 Å². The molecule has 1 aromatic heterocycles. The molecule has 1 aromatic carbocycles. The molecule has 18 heavy (non-hydrogen) atoms. The predicted octanol–water partition coefficient (Wildman–Crippen LogP) is 4.78. The minimum Gasteiger partial charge on any atom is -0.351 e. The van der Waals surface area contributed by atoms with Crippen LogP contribution in [0.3, 0.4) is 0 Å². The van der Waals surface area contributed by atoms with Gasteiger partial charge in [-0.15, -0.1) is 0 Å². The summed E-state index contributed by atoms with van der Waals surface area (Å²) in [5.74, 6) is 0. The van der Waals surface area contributed by atoms with Gasteiger partial charge >= 0.3 is 0 Å². The zero-order valence-electron chi connectivity index (χ0n) is 10.9. The molecule has 0 aliphatic rings. The average molecular weight is 261 g/mol. The van der Waals surface area contributed by atoms with Gasteiger partial charge in [0.2, 0.25) is 0 Å². The van der Waals surface area contributed by atoms with Gasteiger partial charge in [-0.25, -0.2) is 0 Å². The van der Waals surface area contributed by atoms with Crippen molar-refractivity contribution in [2.24, 2.45) is 4.99 Å². The van der Waals surface area contributed by atoms with Crippen LogP contribution < -0.4 is 0 Å². The molecule has 2 nitrogen and oxygen atoms in total. The molecule has 0 spiro atoms. The number of hydrogen-bond acceptors (Lipinski definition) is 1. The molecule has 0 N–H and O–H groups in total. The zero-order valence-corrected chi connectivity index (χ0v) is 11.6. The summed E-state index contributed by atoms with van der Waals surface area (Å²) in [6, 6.07) is 8.36. The number of nitrogens with zero attached hydrogens (tertiary/aromatic N) is 2. The summed E-state index contributed by atoms with van der Waals surface area (Å²) in [4.78, 5) is 4.43. The first-order valence-electron chi connectivity index (χ1n) is 6.04. The molecule has 0 atom stereocenters. The third-order valence-corrected chi connectivity index (χ3v) is 3.26. The van der Waals surface area contributed by atoms with E-state index in [-0.39, 0.29) is 0 Å². The maximum absolute atomic E-state index is 6.06. The van der Waals surface area contributed by atoms with Gasteiger partial charge in [-0.05, 0) is 44.5 Å². The lowest BCUT2D eigenvalue weighted by atomic mass is 10.2. The fraction of sp³-hybridized carbons (Fsp3) is 0.267. The lowest BCUT2D eigenvalue weighted by Gasteiger charge is -2.04. The van der Waals surface area contributed by atoms with Crippen LogP contribution in [-0.4, -0.2) is 10.8 Å². The number of aliphatic imine (C=N–C) groups is 1. The van der Waals surface area contributed by atoms with E-state index in [0.29, 0.717) is 6.04 Å². The van der Waals surface area contributed by atoms with Crippen LogP contribution in [-0.2, 0) is 0 Å².